The minimum atomic E-state index is -3.11. The monoisotopic (exact) mass is 410 g/mol. The van der Waals surface area contributed by atoms with Crippen LogP contribution in [-0.4, -0.2) is 34.6 Å². The molecule has 0 unspecified atom stereocenters. The van der Waals surface area contributed by atoms with Gasteiger partial charge in [-0.1, -0.05) is 18.2 Å². The number of pyridine rings is 3. The fourth-order valence-corrected chi connectivity index (χ4v) is 3.32. The van der Waals surface area contributed by atoms with E-state index < -0.39 is 12.5 Å². The zero-order valence-electron chi connectivity index (χ0n) is 16.5. The van der Waals surface area contributed by atoms with Crippen LogP contribution in [0, 0.1) is 0 Å². The van der Waals surface area contributed by atoms with E-state index in [-0.39, 0.29) is 5.69 Å². The Kier molecular flexibility index (Phi) is 6.02. The number of alkyl halides is 2. The zero-order chi connectivity index (χ0) is 20.8. The van der Waals surface area contributed by atoms with Gasteiger partial charge in [0.1, 0.15) is 23.1 Å². The van der Waals surface area contributed by atoms with Crippen molar-refractivity contribution in [3.63, 3.8) is 0 Å². The van der Waals surface area contributed by atoms with E-state index in [2.05, 4.69) is 30.9 Å². The molecular formula is C22H24F2N6. The first kappa shape index (κ1) is 20.0. The van der Waals surface area contributed by atoms with Crippen LogP contribution >= 0.6 is 0 Å². The van der Waals surface area contributed by atoms with Crippen LogP contribution < -0.4 is 16.0 Å². The van der Waals surface area contributed by atoms with E-state index in [0.717, 1.165) is 37.1 Å². The third-order valence-corrected chi connectivity index (χ3v) is 4.92. The number of rotatable bonds is 8. The highest BCUT2D eigenvalue weighted by atomic mass is 19.3. The van der Waals surface area contributed by atoms with Gasteiger partial charge in [-0.15, -0.1) is 0 Å². The van der Waals surface area contributed by atoms with Gasteiger partial charge in [0.15, 0.2) is 0 Å². The summed E-state index contributed by atoms with van der Waals surface area (Å²) >= 11 is 0. The smallest absolute Gasteiger partial charge is 0.306 e. The second kappa shape index (κ2) is 9.02. The standard InChI is InChI=1S/C22H24F2N6/c23-22(24,18-10-9-16-5-4-13-27-21(16)29-18)15-28-20-8-3-7-19(30-20)26-14-11-17-6-1-2-12-25-17/h1-3,6-10,12H,4-5,11,13-15H2,(H,27,29)(H2,26,28,30). The van der Waals surface area contributed by atoms with Crippen molar-refractivity contribution < 1.29 is 8.78 Å². The van der Waals surface area contributed by atoms with Crippen molar-refractivity contribution in [2.75, 3.05) is 35.6 Å². The first-order valence-electron chi connectivity index (χ1n) is 10.1. The van der Waals surface area contributed by atoms with Gasteiger partial charge in [0.25, 0.3) is 0 Å². The summed E-state index contributed by atoms with van der Waals surface area (Å²) in [4.78, 5) is 12.8. The van der Waals surface area contributed by atoms with E-state index in [1.165, 1.54) is 6.07 Å². The summed E-state index contributed by atoms with van der Waals surface area (Å²) < 4.78 is 29.4. The van der Waals surface area contributed by atoms with Crippen LogP contribution in [-0.2, 0) is 18.8 Å². The van der Waals surface area contributed by atoms with Crippen LogP contribution in [0.1, 0.15) is 23.4 Å². The van der Waals surface area contributed by atoms with Crippen LogP contribution in [0.4, 0.5) is 26.2 Å². The number of fused-ring (bicyclic) bond motifs is 1. The summed E-state index contributed by atoms with van der Waals surface area (Å²) in [5.74, 6) is -1.54. The minimum absolute atomic E-state index is 0.243. The van der Waals surface area contributed by atoms with E-state index in [0.29, 0.717) is 24.0 Å². The Morgan fingerprint density at radius 1 is 0.967 bits per heavy atom. The van der Waals surface area contributed by atoms with Gasteiger partial charge in [0.2, 0.25) is 0 Å². The first-order chi connectivity index (χ1) is 14.6. The molecule has 0 atom stereocenters. The summed E-state index contributed by atoms with van der Waals surface area (Å²) in [5.41, 5.74) is 1.72. The van der Waals surface area contributed by atoms with Crippen molar-refractivity contribution in [3.8, 4) is 0 Å². The third-order valence-electron chi connectivity index (χ3n) is 4.92. The Morgan fingerprint density at radius 3 is 2.67 bits per heavy atom. The maximum atomic E-state index is 14.7. The number of halogens is 2. The Labute approximate surface area is 174 Å². The fraction of sp³-hybridized carbons (Fsp3) is 0.318. The van der Waals surface area contributed by atoms with Gasteiger partial charge in [-0.3, -0.25) is 4.98 Å². The Hall–Kier alpha value is -3.29. The normalized spacial score (nSPS) is 13.3. The molecule has 3 aromatic heterocycles. The highest BCUT2D eigenvalue weighted by Crippen LogP contribution is 2.30. The highest BCUT2D eigenvalue weighted by Gasteiger charge is 2.34. The average Bonchev–Trinajstić information content (AvgIpc) is 2.78. The molecule has 3 aromatic rings. The quantitative estimate of drug-likeness (QED) is 0.519. The molecule has 0 saturated heterocycles. The molecule has 156 valence electrons. The van der Waals surface area contributed by atoms with Crippen molar-refractivity contribution in [2.24, 2.45) is 0 Å². The number of hydrogen-bond acceptors (Lipinski definition) is 6. The second-order valence-corrected chi connectivity index (χ2v) is 7.20. The van der Waals surface area contributed by atoms with Crippen LogP contribution in [0.25, 0.3) is 0 Å². The molecule has 1 aliphatic rings. The van der Waals surface area contributed by atoms with E-state index in [1.807, 2.05) is 18.2 Å². The van der Waals surface area contributed by atoms with Gasteiger partial charge in [-0.05, 0) is 48.7 Å². The van der Waals surface area contributed by atoms with E-state index in [1.54, 1.807) is 30.5 Å². The van der Waals surface area contributed by atoms with Crippen LogP contribution in [0.3, 0.4) is 0 Å². The van der Waals surface area contributed by atoms with E-state index in [9.17, 15) is 8.78 Å². The summed E-state index contributed by atoms with van der Waals surface area (Å²) in [7, 11) is 0. The van der Waals surface area contributed by atoms with E-state index in [4.69, 9.17) is 0 Å². The Balaban J connectivity index is 1.34. The van der Waals surface area contributed by atoms with Gasteiger partial charge >= 0.3 is 5.92 Å². The lowest BCUT2D eigenvalue weighted by Crippen LogP contribution is -2.27. The lowest BCUT2D eigenvalue weighted by atomic mass is 10.1. The SMILES string of the molecule is FC(F)(CNc1cccc(NCCc2ccccn2)n1)c1ccc2c(n1)NCCC2. The number of anilines is 3. The summed E-state index contributed by atoms with van der Waals surface area (Å²) in [6.45, 7) is 0.830. The highest BCUT2D eigenvalue weighted by molar-refractivity contribution is 5.48. The molecule has 1 aliphatic heterocycles. The molecule has 0 aliphatic carbocycles. The molecule has 4 heterocycles. The molecule has 8 heteroatoms. The second-order valence-electron chi connectivity index (χ2n) is 7.20. The molecule has 0 amide bonds. The van der Waals surface area contributed by atoms with Crippen molar-refractivity contribution in [1.82, 2.24) is 15.0 Å². The Morgan fingerprint density at radius 2 is 1.83 bits per heavy atom. The van der Waals surface area contributed by atoms with Gasteiger partial charge in [0, 0.05) is 31.4 Å². The third kappa shape index (κ3) is 5.00. The predicted octanol–water partition coefficient (Wildman–Crippen LogP) is 4.09. The van der Waals surface area contributed by atoms with Gasteiger partial charge in [-0.25, -0.2) is 9.97 Å². The molecule has 0 radical (unpaired) electrons. The first-order valence-corrected chi connectivity index (χ1v) is 10.1. The molecule has 3 N–H and O–H groups in total. The summed E-state index contributed by atoms with van der Waals surface area (Å²) in [6.07, 6.45) is 4.36. The fourth-order valence-electron chi connectivity index (χ4n) is 3.32. The molecule has 30 heavy (non-hydrogen) atoms. The zero-order valence-corrected chi connectivity index (χ0v) is 16.5. The Bertz CT molecular complexity index is 980. The number of aryl methyl sites for hydroxylation is 1. The van der Waals surface area contributed by atoms with Crippen LogP contribution in [0.15, 0.2) is 54.7 Å². The number of hydrogen-bond donors (Lipinski definition) is 3. The summed E-state index contributed by atoms with van der Waals surface area (Å²) in [6, 6.07) is 14.2. The van der Waals surface area contributed by atoms with Gasteiger partial charge in [-0.2, -0.15) is 8.78 Å². The lowest BCUT2D eigenvalue weighted by Gasteiger charge is -2.21. The topological polar surface area (TPSA) is 74.8 Å². The number of nitrogens with one attached hydrogen (secondary N) is 3. The molecule has 0 bridgehead atoms. The van der Waals surface area contributed by atoms with Crippen molar-refractivity contribution in [1.29, 1.82) is 0 Å². The van der Waals surface area contributed by atoms with Crippen LogP contribution in [0.2, 0.25) is 0 Å². The van der Waals surface area contributed by atoms with Crippen molar-refractivity contribution in [2.45, 2.75) is 25.2 Å². The molecule has 0 fully saturated rings. The largest absolute Gasteiger partial charge is 0.370 e. The average molecular weight is 410 g/mol. The minimum Gasteiger partial charge on any atom is -0.370 e. The summed E-state index contributed by atoms with van der Waals surface area (Å²) in [5, 5.41) is 9.03. The van der Waals surface area contributed by atoms with Gasteiger partial charge < -0.3 is 16.0 Å². The molecule has 6 nitrogen and oxygen atoms in total. The molecule has 0 saturated carbocycles. The van der Waals surface area contributed by atoms with Crippen LogP contribution in [0.5, 0.6) is 0 Å². The number of nitrogens with zero attached hydrogens (tertiary/aromatic N) is 3. The van der Waals surface area contributed by atoms with Crippen molar-refractivity contribution >= 4 is 17.5 Å². The molecule has 4 rings (SSSR count). The molecular weight excluding hydrogens is 386 g/mol. The maximum Gasteiger partial charge on any atom is 0.306 e. The molecule has 0 aromatic carbocycles. The predicted molar refractivity (Wildman–Crippen MR) is 114 cm³/mol. The van der Waals surface area contributed by atoms with Crippen molar-refractivity contribution in [3.05, 3.63) is 71.7 Å². The maximum absolute atomic E-state index is 14.7. The van der Waals surface area contributed by atoms with E-state index >= 15 is 0 Å². The molecule has 0 spiro atoms. The lowest BCUT2D eigenvalue weighted by molar-refractivity contribution is 0.00601. The van der Waals surface area contributed by atoms with Gasteiger partial charge in [0.05, 0.1) is 6.54 Å². The number of aromatic nitrogens is 3.